The molecule has 8 heteroatoms. The number of carbonyl (C=O) groups is 2. The van der Waals surface area contributed by atoms with Crippen LogP contribution >= 0.6 is 0 Å². The number of rotatable bonds is 5. The zero-order chi connectivity index (χ0) is 20.1. The van der Waals surface area contributed by atoms with Gasteiger partial charge in [-0.1, -0.05) is 0 Å². The van der Waals surface area contributed by atoms with Gasteiger partial charge in [0.15, 0.2) is 5.82 Å². The van der Waals surface area contributed by atoms with Crippen molar-refractivity contribution in [3.63, 3.8) is 0 Å². The molecule has 1 saturated heterocycles. The maximum Gasteiger partial charge on any atom is 0.229 e. The minimum atomic E-state index is -0.176. The highest BCUT2D eigenvalue weighted by molar-refractivity contribution is 5.96. The van der Waals surface area contributed by atoms with Gasteiger partial charge in [-0.25, -0.2) is 0 Å². The second-order valence-electron chi connectivity index (χ2n) is 6.90. The molecule has 0 spiro atoms. The van der Waals surface area contributed by atoms with Crippen LogP contribution in [0.3, 0.4) is 0 Å². The Hall–Kier alpha value is -3.16. The number of aromatic nitrogens is 2. The van der Waals surface area contributed by atoms with Crippen LogP contribution in [0, 0.1) is 12.8 Å². The summed E-state index contributed by atoms with van der Waals surface area (Å²) in [5, 5.41) is 14.0. The maximum absolute atomic E-state index is 12.9. The third-order valence-corrected chi connectivity index (χ3v) is 4.68. The van der Waals surface area contributed by atoms with E-state index in [0.717, 1.165) is 30.9 Å². The first kappa shape index (κ1) is 19.6. The summed E-state index contributed by atoms with van der Waals surface area (Å²) in [5.74, 6) is 0.895. The van der Waals surface area contributed by atoms with Gasteiger partial charge in [0.25, 0.3) is 0 Å². The van der Waals surface area contributed by atoms with Crippen molar-refractivity contribution in [2.45, 2.75) is 26.7 Å². The van der Waals surface area contributed by atoms with Crippen molar-refractivity contribution in [2.75, 3.05) is 35.7 Å². The lowest BCUT2D eigenvalue weighted by molar-refractivity contribution is -0.120. The maximum atomic E-state index is 12.9. The van der Waals surface area contributed by atoms with E-state index in [-0.39, 0.29) is 17.7 Å². The number of piperidine rings is 1. The number of ether oxygens (including phenoxy) is 1. The average Bonchev–Trinajstić information content (AvgIpc) is 2.68. The number of anilines is 3. The van der Waals surface area contributed by atoms with Crippen molar-refractivity contribution in [1.82, 2.24) is 10.2 Å². The molecule has 1 aromatic carbocycles. The summed E-state index contributed by atoms with van der Waals surface area (Å²) < 4.78 is 5.34. The first-order chi connectivity index (χ1) is 13.5. The Bertz CT molecular complexity index is 853. The lowest BCUT2D eigenvalue weighted by Crippen LogP contribution is -2.41. The molecule has 1 aliphatic heterocycles. The van der Waals surface area contributed by atoms with Crippen LogP contribution in [0.15, 0.2) is 30.3 Å². The Morgan fingerprint density at radius 2 is 2.00 bits per heavy atom. The predicted octanol–water partition coefficient (Wildman–Crippen LogP) is 2.61. The molecule has 28 heavy (non-hydrogen) atoms. The van der Waals surface area contributed by atoms with Gasteiger partial charge in [0.05, 0.1) is 24.4 Å². The van der Waals surface area contributed by atoms with Crippen LogP contribution in [0.4, 0.5) is 17.2 Å². The topological polar surface area (TPSA) is 96.5 Å². The summed E-state index contributed by atoms with van der Waals surface area (Å²) in [7, 11) is 1.54. The highest BCUT2D eigenvalue weighted by atomic mass is 16.5. The van der Waals surface area contributed by atoms with E-state index < -0.39 is 0 Å². The van der Waals surface area contributed by atoms with Gasteiger partial charge in [-0.05, 0) is 50.1 Å². The molecule has 2 aromatic rings. The van der Waals surface area contributed by atoms with Crippen LogP contribution in [0.2, 0.25) is 0 Å². The number of hydrogen-bond donors (Lipinski definition) is 2. The van der Waals surface area contributed by atoms with E-state index in [1.807, 2.05) is 19.1 Å². The van der Waals surface area contributed by atoms with Gasteiger partial charge in [-0.2, -0.15) is 5.10 Å². The van der Waals surface area contributed by atoms with E-state index >= 15 is 0 Å². The SMILES string of the molecule is COc1ccc(NC(C)=O)cc1NC(=O)C1CCCN(c2ccc(C)nn2)C1. The number of nitrogens with zero attached hydrogens (tertiary/aromatic N) is 3. The van der Waals surface area contributed by atoms with Gasteiger partial charge in [0, 0.05) is 25.7 Å². The average molecular weight is 383 g/mol. The molecule has 3 rings (SSSR count). The zero-order valence-electron chi connectivity index (χ0n) is 16.4. The molecular weight excluding hydrogens is 358 g/mol. The molecule has 1 atom stereocenters. The first-order valence-corrected chi connectivity index (χ1v) is 9.28. The molecule has 1 fully saturated rings. The number of carbonyl (C=O) groups excluding carboxylic acids is 2. The van der Waals surface area contributed by atoms with Crippen LogP contribution < -0.4 is 20.3 Å². The predicted molar refractivity (Wildman–Crippen MR) is 108 cm³/mol. The summed E-state index contributed by atoms with van der Waals surface area (Å²) in [5.41, 5.74) is 2.00. The second kappa shape index (κ2) is 8.69. The molecule has 0 saturated carbocycles. The summed E-state index contributed by atoms with van der Waals surface area (Å²) in [4.78, 5) is 26.3. The van der Waals surface area contributed by atoms with E-state index in [1.165, 1.54) is 6.92 Å². The van der Waals surface area contributed by atoms with Gasteiger partial charge in [0.2, 0.25) is 11.8 Å². The molecule has 2 amide bonds. The Morgan fingerprint density at radius 3 is 2.68 bits per heavy atom. The van der Waals surface area contributed by atoms with Crippen LogP contribution in [-0.4, -0.2) is 42.2 Å². The van der Waals surface area contributed by atoms with Crippen LogP contribution in [0.5, 0.6) is 5.75 Å². The molecule has 0 aliphatic carbocycles. The highest BCUT2D eigenvalue weighted by Gasteiger charge is 2.27. The van der Waals surface area contributed by atoms with E-state index in [2.05, 4.69) is 25.7 Å². The standard InChI is InChI=1S/C20H25N5O3/c1-13-6-9-19(24-23-13)25-10-4-5-15(12-25)20(27)22-17-11-16(21-14(2)26)7-8-18(17)28-3/h6-9,11,15H,4-5,10,12H2,1-3H3,(H,21,26)(H,22,27). The van der Waals surface area contributed by atoms with E-state index in [0.29, 0.717) is 23.7 Å². The number of benzene rings is 1. The summed E-state index contributed by atoms with van der Waals surface area (Å²) in [6, 6.07) is 9.00. The van der Waals surface area contributed by atoms with Crippen molar-refractivity contribution in [1.29, 1.82) is 0 Å². The van der Waals surface area contributed by atoms with Crippen LogP contribution in [0.1, 0.15) is 25.5 Å². The zero-order valence-corrected chi connectivity index (χ0v) is 16.4. The molecule has 1 aliphatic rings. The fourth-order valence-electron chi connectivity index (χ4n) is 3.28. The highest BCUT2D eigenvalue weighted by Crippen LogP contribution is 2.29. The molecule has 8 nitrogen and oxygen atoms in total. The fourth-order valence-corrected chi connectivity index (χ4v) is 3.28. The third-order valence-electron chi connectivity index (χ3n) is 4.68. The Kier molecular flexibility index (Phi) is 6.08. The minimum absolute atomic E-state index is 0.0805. The number of nitrogens with one attached hydrogen (secondary N) is 2. The lowest BCUT2D eigenvalue weighted by atomic mass is 9.97. The Labute approximate surface area is 164 Å². The third kappa shape index (κ3) is 4.76. The molecule has 0 bridgehead atoms. The molecule has 0 radical (unpaired) electrons. The lowest BCUT2D eigenvalue weighted by Gasteiger charge is -2.32. The Morgan fingerprint density at radius 1 is 1.18 bits per heavy atom. The first-order valence-electron chi connectivity index (χ1n) is 9.28. The molecule has 1 aromatic heterocycles. The van der Waals surface area contributed by atoms with Crippen LogP contribution in [0.25, 0.3) is 0 Å². The van der Waals surface area contributed by atoms with Crippen LogP contribution in [-0.2, 0) is 9.59 Å². The summed E-state index contributed by atoms with van der Waals surface area (Å²) in [6.07, 6.45) is 1.70. The molecular formula is C20H25N5O3. The number of methoxy groups -OCH3 is 1. The number of aryl methyl sites for hydroxylation is 1. The van der Waals surface area contributed by atoms with Gasteiger partial charge in [-0.3, -0.25) is 9.59 Å². The van der Waals surface area contributed by atoms with E-state index in [9.17, 15) is 9.59 Å². The number of hydrogen-bond acceptors (Lipinski definition) is 6. The van der Waals surface area contributed by atoms with Gasteiger partial charge in [0.1, 0.15) is 5.75 Å². The van der Waals surface area contributed by atoms with E-state index in [1.54, 1.807) is 25.3 Å². The fraction of sp³-hybridized carbons (Fsp3) is 0.400. The van der Waals surface area contributed by atoms with Gasteiger partial charge < -0.3 is 20.3 Å². The van der Waals surface area contributed by atoms with Crippen molar-refractivity contribution < 1.29 is 14.3 Å². The van der Waals surface area contributed by atoms with Gasteiger partial charge >= 0.3 is 0 Å². The summed E-state index contributed by atoms with van der Waals surface area (Å²) in [6.45, 7) is 4.76. The molecule has 148 valence electrons. The molecule has 2 heterocycles. The van der Waals surface area contributed by atoms with Gasteiger partial charge in [-0.15, -0.1) is 5.10 Å². The largest absolute Gasteiger partial charge is 0.495 e. The van der Waals surface area contributed by atoms with Crippen molar-refractivity contribution in [3.8, 4) is 5.75 Å². The summed E-state index contributed by atoms with van der Waals surface area (Å²) >= 11 is 0. The van der Waals surface area contributed by atoms with Crippen molar-refractivity contribution >= 4 is 29.0 Å². The molecule has 1 unspecified atom stereocenters. The number of amides is 2. The molecule has 2 N–H and O–H groups in total. The second-order valence-corrected chi connectivity index (χ2v) is 6.90. The smallest absolute Gasteiger partial charge is 0.229 e. The van der Waals surface area contributed by atoms with Crippen molar-refractivity contribution in [3.05, 3.63) is 36.0 Å². The Balaban J connectivity index is 1.71. The monoisotopic (exact) mass is 383 g/mol. The van der Waals surface area contributed by atoms with E-state index in [4.69, 9.17) is 4.74 Å². The normalized spacial score (nSPS) is 16.4. The quantitative estimate of drug-likeness (QED) is 0.824. The van der Waals surface area contributed by atoms with Crippen molar-refractivity contribution in [2.24, 2.45) is 5.92 Å². The minimum Gasteiger partial charge on any atom is -0.495 e.